The topological polar surface area (TPSA) is 68.6 Å². The van der Waals surface area contributed by atoms with Gasteiger partial charge in [-0.3, -0.25) is 19.3 Å². The minimum atomic E-state index is -0.383. The van der Waals surface area contributed by atoms with E-state index < -0.39 is 0 Å². The molecule has 0 saturated carbocycles. The summed E-state index contributed by atoms with van der Waals surface area (Å²) in [7, 11) is 3.22. The predicted octanol–water partition coefficient (Wildman–Crippen LogP) is 4.66. The molecule has 2 heterocycles. The molecule has 3 aromatic carbocycles. The van der Waals surface area contributed by atoms with Crippen LogP contribution in [0.3, 0.4) is 0 Å². The molecule has 0 aliphatic carbocycles. The van der Waals surface area contributed by atoms with Crippen LogP contribution in [-0.4, -0.2) is 28.4 Å². The fraction of sp³-hybridized carbons (Fsp3) is 0.115. The molecule has 33 heavy (non-hydrogen) atoms. The number of pyridine rings is 1. The van der Waals surface area contributed by atoms with Crippen molar-refractivity contribution in [3.63, 3.8) is 0 Å². The van der Waals surface area contributed by atoms with Gasteiger partial charge in [0.15, 0.2) is 0 Å². The largest absolute Gasteiger partial charge is 0.497 e. The number of carbonyl (C=O) groups excluding carboxylic acids is 2. The number of ether oxygens (including phenoxy) is 1. The Balaban J connectivity index is 1.77. The summed E-state index contributed by atoms with van der Waals surface area (Å²) in [4.78, 5) is 40.5. The van der Waals surface area contributed by atoms with E-state index in [0.717, 1.165) is 5.56 Å². The summed E-state index contributed by atoms with van der Waals surface area (Å²) < 4.78 is 6.90. The maximum absolute atomic E-state index is 13.2. The molecule has 0 bridgehead atoms. The van der Waals surface area contributed by atoms with Crippen molar-refractivity contribution in [2.45, 2.75) is 6.54 Å². The van der Waals surface area contributed by atoms with E-state index in [-0.39, 0.29) is 23.9 Å². The van der Waals surface area contributed by atoms with Crippen molar-refractivity contribution in [3.05, 3.63) is 98.9 Å². The van der Waals surface area contributed by atoms with Gasteiger partial charge in [-0.15, -0.1) is 0 Å². The van der Waals surface area contributed by atoms with Crippen LogP contribution in [0.4, 0.5) is 0 Å². The number of aromatic nitrogens is 1. The first kappa shape index (κ1) is 21.0. The molecule has 0 atom stereocenters. The number of imide groups is 1. The van der Waals surface area contributed by atoms with E-state index in [1.54, 1.807) is 56.6 Å². The minimum Gasteiger partial charge on any atom is -0.497 e. The molecule has 1 aliphatic heterocycles. The first-order chi connectivity index (χ1) is 15.9. The highest BCUT2D eigenvalue weighted by molar-refractivity contribution is 6.31. The molecule has 0 saturated heterocycles. The molecule has 0 unspecified atom stereocenters. The van der Waals surface area contributed by atoms with Crippen LogP contribution in [0.2, 0.25) is 5.02 Å². The molecule has 0 fully saturated rings. The lowest BCUT2D eigenvalue weighted by Crippen LogP contribution is -2.33. The van der Waals surface area contributed by atoms with Gasteiger partial charge in [-0.05, 0) is 53.4 Å². The molecule has 6 nitrogen and oxygen atoms in total. The first-order valence-electron chi connectivity index (χ1n) is 10.3. The van der Waals surface area contributed by atoms with E-state index in [0.29, 0.717) is 43.9 Å². The zero-order valence-electron chi connectivity index (χ0n) is 18.0. The maximum atomic E-state index is 13.2. The van der Waals surface area contributed by atoms with Crippen molar-refractivity contribution in [2.75, 3.05) is 7.11 Å². The molecule has 1 aliphatic rings. The Morgan fingerprint density at radius 2 is 1.55 bits per heavy atom. The van der Waals surface area contributed by atoms with Crippen molar-refractivity contribution in [1.29, 1.82) is 0 Å². The van der Waals surface area contributed by atoms with Crippen molar-refractivity contribution in [2.24, 2.45) is 7.05 Å². The lowest BCUT2D eigenvalue weighted by Gasteiger charge is -2.22. The van der Waals surface area contributed by atoms with Crippen molar-refractivity contribution in [3.8, 4) is 16.9 Å². The van der Waals surface area contributed by atoms with Crippen LogP contribution in [0.1, 0.15) is 26.4 Å². The zero-order valence-corrected chi connectivity index (χ0v) is 18.7. The van der Waals surface area contributed by atoms with Crippen molar-refractivity contribution in [1.82, 2.24) is 9.47 Å². The number of hydrogen-bond acceptors (Lipinski definition) is 4. The molecule has 0 N–H and O–H groups in total. The summed E-state index contributed by atoms with van der Waals surface area (Å²) in [6, 6.07) is 19.2. The van der Waals surface area contributed by atoms with E-state index >= 15 is 0 Å². The fourth-order valence-electron chi connectivity index (χ4n) is 4.35. The van der Waals surface area contributed by atoms with Crippen LogP contribution in [0.25, 0.3) is 21.9 Å². The monoisotopic (exact) mass is 458 g/mol. The molecular formula is C26H19ClN2O4. The molecule has 4 aromatic rings. The van der Waals surface area contributed by atoms with E-state index in [1.807, 2.05) is 24.3 Å². The zero-order chi connectivity index (χ0) is 23.3. The van der Waals surface area contributed by atoms with Gasteiger partial charge in [0.1, 0.15) is 5.75 Å². The Labute approximate surface area is 194 Å². The van der Waals surface area contributed by atoms with E-state index in [9.17, 15) is 14.4 Å². The Bertz CT molecular complexity index is 1490. The molecule has 7 heteroatoms. The summed E-state index contributed by atoms with van der Waals surface area (Å²) in [6.45, 7) is -0.0624. The molecule has 5 rings (SSSR count). The van der Waals surface area contributed by atoms with Crippen LogP contribution in [-0.2, 0) is 13.6 Å². The number of halogens is 1. The maximum Gasteiger partial charge on any atom is 0.261 e. The normalized spacial score (nSPS) is 13.0. The summed E-state index contributed by atoms with van der Waals surface area (Å²) >= 11 is 6.31. The second kappa shape index (κ2) is 7.90. The summed E-state index contributed by atoms with van der Waals surface area (Å²) in [6.07, 6.45) is 0. The number of benzene rings is 3. The minimum absolute atomic E-state index is 0.0624. The van der Waals surface area contributed by atoms with Crippen LogP contribution >= 0.6 is 11.6 Å². The highest BCUT2D eigenvalue weighted by Gasteiger charge is 2.36. The van der Waals surface area contributed by atoms with Crippen molar-refractivity contribution < 1.29 is 14.3 Å². The molecule has 1 aromatic heterocycles. The average molecular weight is 459 g/mol. The second-order valence-electron chi connectivity index (χ2n) is 7.85. The van der Waals surface area contributed by atoms with Crippen molar-refractivity contribution >= 4 is 34.2 Å². The summed E-state index contributed by atoms with van der Waals surface area (Å²) in [5.41, 5.74) is 2.50. The van der Waals surface area contributed by atoms with Gasteiger partial charge in [-0.25, -0.2) is 0 Å². The van der Waals surface area contributed by atoms with Gasteiger partial charge in [-0.1, -0.05) is 35.9 Å². The van der Waals surface area contributed by atoms with Gasteiger partial charge in [0, 0.05) is 28.7 Å². The number of rotatable bonds is 4. The van der Waals surface area contributed by atoms with E-state index in [4.69, 9.17) is 16.3 Å². The number of amides is 2. The third kappa shape index (κ3) is 3.31. The number of methoxy groups -OCH3 is 1. The number of carbonyl (C=O) groups is 2. The van der Waals surface area contributed by atoms with E-state index in [1.165, 1.54) is 9.47 Å². The quantitative estimate of drug-likeness (QED) is 0.417. The standard InChI is InChI=1S/C26H19ClN2O4/c1-28-22(14-29-25(31)18-8-3-4-9-19(18)26(29)32)23(15-6-5-7-17(12-15)33-2)21-13-16(27)10-11-20(21)24(28)30/h3-13H,14H2,1-2H3. The molecule has 164 valence electrons. The Morgan fingerprint density at radius 1 is 0.848 bits per heavy atom. The Kier molecular flexibility index (Phi) is 5.02. The Morgan fingerprint density at radius 3 is 2.21 bits per heavy atom. The lowest BCUT2D eigenvalue weighted by atomic mass is 9.96. The first-order valence-corrected chi connectivity index (χ1v) is 10.7. The van der Waals surface area contributed by atoms with Crippen LogP contribution in [0.5, 0.6) is 5.75 Å². The summed E-state index contributed by atoms with van der Waals surface area (Å²) in [5.74, 6) is -0.125. The molecular weight excluding hydrogens is 440 g/mol. The highest BCUT2D eigenvalue weighted by atomic mass is 35.5. The fourth-order valence-corrected chi connectivity index (χ4v) is 4.53. The predicted molar refractivity (Wildman–Crippen MR) is 127 cm³/mol. The Hall–Kier alpha value is -3.90. The van der Waals surface area contributed by atoms with Crippen LogP contribution in [0, 0.1) is 0 Å². The van der Waals surface area contributed by atoms with Crippen LogP contribution < -0.4 is 10.3 Å². The number of fused-ring (bicyclic) bond motifs is 2. The second-order valence-corrected chi connectivity index (χ2v) is 8.29. The summed E-state index contributed by atoms with van der Waals surface area (Å²) in [5, 5.41) is 1.61. The van der Waals surface area contributed by atoms with Crippen LogP contribution in [0.15, 0.2) is 71.5 Å². The third-order valence-corrected chi connectivity index (χ3v) is 6.26. The van der Waals surface area contributed by atoms with Gasteiger partial charge in [0.2, 0.25) is 0 Å². The SMILES string of the molecule is COc1cccc(-c2c(CN3C(=O)c4ccccc4C3=O)n(C)c(=O)c3ccc(Cl)cc23)c1. The van der Waals surface area contributed by atoms with Gasteiger partial charge >= 0.3 is 0 Å². The number of hydrogen-bond donors (Lipinski definition) is 0. The number of nitrogens with zero attached hydrogens (tertiary/aromatic N) is 2. The average Bonchev–Trinajstić information content (AvgIpc) is 3.07. The molecule has 0 spiro atoms. The van der Waals surface area contributed by atoms with Gasteiger partial charge in [0.05, 0.1) is 24.8 Å². The third-order valence-electron chi connectivity index (χ3n) is 6.02. The van der Waals surface area contributed by atoms with Gasteiger partial charge < -0.3 is 9.30 Å². The van der Waals surface area contributed by atoms with Gasteiger partial charge in [0.25, 0.3) is 17.4 Å². The smallest absolute Gasteiger partial charge is 0.261 e. The van der Waals surface area contributed by atoms with E-state index in [2.05, 4.69) is 0 Å². The van der Waals surface area contributed by atoms with Gasteiger partial charge in [-0.2, -0.15) is 0 Å². The molecule has 2 amide bonds. The lowest BCUT2D eigenvalue weighted by molar-refractivity contribution is 0.0639. The molecule has 0 radical (unpaired) electrons. The highest BCUT2D eigenvalue weighted by Crippen LogP contribution is 2.35.